The summed E-state index contributed by atoms with van der Waals surface area (Å²) in [7, 11) is 2.13. The second kappa shape index (κ2) is 5.84. The summed E-state index contributed by atoms with van der Waals surface area (Å²) in [6.07, 6.45) is 2.76. The van der Waals surface area contributed by atoms with Crippen LogP contribution >= 0.6 is 11.6 Å². The van der Waals surface area contributed by atoms with E-state index in [1.807, 2.05) is 0 Å². The first-order chi connectivity index (χ1) is 9.01. The van der Waals surface area contributed by atoms with E-state index in [4.69, 9.17) is 11.6 Å². The molecule has 2 heterocycles. The minimum atomic E-state index is 0.214. The smallest absolute Gasteiger partial charge is 0.156 e. The van der Waals surface area contributed by atoms with Gasteiger partial charge in [-0.05, 0) is 33.7 Å². The van der Waals surface area contributed by atoms with Crippen molar-refractivity contribution in [3.63, 3.8) is 0 Å². The van der Waals surface area contributed by atoms with Crippen LogP contribution in [0.5, 0.6) is 0 Å². The number of halogens is 1. The monoisotopic (exact) mass is 282 g/mol. The zero-order chi connectivity index (χ0) is 14.0. The molecule has 0 aromatic carbocycles. The molecule has 0 bridgehead atoms. The molecule has 0 aliphatic carbocycles. The molecule has 2 rings (SSSR count). The maximum atomic E-state index is 11.1. The molecule has 104 valence electrons. The predicted octanol–water partition coefficient (Wildman–Crippen LogP) is 2.15. The molecule has 1 aliphatic heterocycles. The Morgan fingerprint density at radius 2 is 2.21 bits per heavy atom. The molecule has 1 N–H and O–H groups in total. The molecule has 1 saturated heterocycles. The summed E-state index contributed by atoms with van der Waals surface area (Å²) in [6, 6.07) is 0.833. The molecule has 2 atom stereocenters. The van der Waals surface area contributed by atoms with Crippen molar-refractivity contribution in [1.29, 1.82) is 0 Å². The average molecular weight is 283 g/mol. The van der Waals surface area contributed by atoms with E-state index in [0.717, 1.165) is 19.4 Å². The Balaban J connectivity index is 2.17. The van der Waals surface area contributed by atoms with E-state index >= 15 is 0 Å². The van der Waals surface area contributed by atoms with Crippen LogP contribution in [-0.2, 0) is 0 Å². The van der Waals surface area contributed by atoms with Gasteiger partial charge < -0.3 is 10.2 Å². The van der Waals surface area contributed by atoms with Gasteiger partial charge in [-0.25, -0.2) is 9.97 Å². The number of aryl methyl sites for hydroxylation is 1. The minimum Gasteiger partial charge on any atom is -0.366 e. The number of nitrogens with zero attached hydrogens (tertiary/aromatic N) is 3. The summed E-state index contributed by atoms with van der Waals surface area (Å²) in [5, 5.41) is 3.55. The lowest BCUT2D eigenvalue weighted by Crippen LogP contribution is -2.42. The largest absolute Gasteiger partial charge is 0.366 e. The van der Waals surface area contributed by atoms with Crippen molar-refractivity contribution in [1.82, 2.24) is 14.9 Å². The summed E-state index contributed by atoms with van der Waals surface area (Å²) in [4.78, 5) is 21.7. The number of carbonyl (C=O) groups excluding carboxylic acids is 1. The lowest BCUT2D eigenvalue weighted by molar-refractivity contribution is 0.112. The Morgan fingerprint density at radius 1 is 1.47 bits per heavy atom. The van der Waals surface area contributed by atoms with E-state index in [0.29, 0.717) is 35.6 Å². The van der Waals surface area contributed by atoms with Gasteiger partial charge in [-0.3, -0.25) is 4.79 Å². The highest BCUT2D eigenvalue weighted by atomic mass is 35.5. The van der Waals surface area contributed by atoms with Gasteiger partial charge in [0.1, 0.15) is 16.8 Å². The van der Waals surface area contributed by atoms with Crippen LogP contribution in [0.3, 0.4) is 0 Å². The van der Waals surface area contributed by atoms with Gasteiger partial charge in [-0.15, -0.1) is 0 Å². The van der Waals surface area contributed by atoms with Crippen molar-refractivity contribution in [3.05, 3.63) is 16.5 Å². The average Bonchev–Trinajstić information content (AvgIpc) is 2.33. The molecular weight excluding hydrogens is 264 g/mol. The lowest BCUT2D eigenvalue weighted by Gasteiger charge is -2.35. The SMILES string of the molecule is Cc1nc(Cl)c(C=O)c(NC2CCN(C)C(C)C2)n1. The number of anilines is 1. The summed E-state index contributed by atoms with van der Waals surface area (Å²) in [5.41, 5.74) is 0.346. The predicted molar refractivity (Wildman–Crippen MR) is 75.9 cm³/mol. The third-order valence-corrected chi connectivity index (χ3v) is 3.97. The maximum Gasteiger partial charge on any atom is 0.156 e. The Hall–Kier alpha value is -1.20. The molecule has 0 spiro atoms. The molecule has 5 nitrogen and oxygen atoms in total. The van der Waals surface area contributed by atoms with E-state index in [2.05, 4.69) is 34.2 Å². The molecule has 0 saturated carbocycles. The molecule has 1 fully saturated rings. The van der Waals surface area contributed by atoms with Crippen molar-refractivity contribution in [3.8, 4) is 0 Å². The number of hydrogen-bond acceptors (Lipinski definition) is 5. The first-order valence-electron chi connectivity index (χ1n) is 6.47. The Kier molecular flexibility index (Phi) is 4.37. The zero-order valence-corrected chi connectivity index (χ0v) is 12.2. The van der Waals surface area contributed by atoms with Crippen molar-refractivity contribution in [2.75, 3.05) is 18.9 Å². The number of nitrogens with one attached hydrogen (secondary N) is 1. The van der Waals surface area contributed by atoms with E-state index in [-0.39, 0.29) is 5.15 Å². The summed E-state index contributed by atoms with van der Waals surface area (Å²) in [5.74, 6) is 1.12. The highest BCUT2D eigenvalue weighted by molar-refractivity contribution is 6.32. The Morgan fingerprint density at radius 3 is 2.84 bits per heavy atom. The van der Waals surface area contributed by atoms with E-state index in [1.165, 1.54) is 0 Å². The van der Waals surface area contributed by atoms with E-state index < -0.39 is 0 Å². The highest BCUT2D eigenvalue weighted by Crippen LogP contribution is 2.23. The van der Waals surface area contributed by atoms with Crippen LogP contribution in [0.4, 0.5) is 5.82 Å². The summed E-state index contributed by atoms with van der Waals surface area (Å²) in [6.45, 7) is 5.00. The fourth-order valence-electron chi connectivity index (χ4n) is 2.38. The van der Waals surface area contributed by atoms with Gasteiger partial charge in [0.2, 0.25) is 0 Å². The zero-order valence-electron chi connectivity index (χ0n) is 11.5. The van der Waals surface area contributed by atoms with E-state index in [1.54, 1.807) is 6.92 Å². The number of carbonyl (C=O) groups is 1. The number of likely N-dealkylation sites (tertiary alicyclic amines) is 1. The Bertz CT molecular complexity index is 480. The van der Waals surface area contributed by atoms with E-state index in [9.17, 15) is 4.79 Å². The van der Waals surface area contributed by atoms with Gasteiger partial charge in [0.25, 0.3) is 0 Å². The lowest BCUT2D eigenvalue weighted by atomic mass is 9.99. The van der Waals surface area contributed by atoms with Gasteiger partial charge >= 0.3 is 0 Å². The number of aldehydes is 1. The van der Waals surface area contributed by atoms with Crippen LogP contribution in [0.1, 0.15) is 35.9 Å². The van der Waals surface area contributed by atoms with Gasteiger partial charge in [0.05, 0.1) is 5.56 Å². The molecule has 2 unspecified atom stereocenters. The number of hydrogen-bond donors (Lipinski definition) is 1. The molecule has 1 aromatic rings. The van der Waals surface area contributed by atoms with Crippen LogP contribution in [-0.4, -0.2) is 46.8 Å². The molecule has 19 heavy (non-hydrogen) atoms. The first-order valence-corrected chi connectivity index (χ1v) is 6.85. The van der Waals surface area contributed by atoms with Crippen LogP contribution in [0, 0.1) is 6.92 Å². The van der Waals surface area contributed by atoms with Gasteiger partial charge in [0, 0.05) is 18.6 Å². The normalized spacial score (nSPS) is 24.2. The maximum absolute atomic E-state index is 11.1. The van der Waals surface area contributed by atoms with Crippen LogP contribution < -0.4 is 5.32 Å². The minimum absolute atomic E-state index is 0.214. The number of piperidine rings is 1. The van der Waals surface area contributed by atoms with Crippen molar-refractivity contribution in [2.24, 2.45) is 0 Å². The van der Waals surface area contributed by atoms with Gasteiger partial charge in [-0.1, -0.05) is 11.6 Å². The fourth-order valence-corrected chi connectivity index (χ4v) is 2.63. The second-order valence-corrected chi connectivity index (χ2v) is 5.50. The first kappa shape index (κ1) is 14.2. The Labute approximate surface area is 118 Å². The third-order valence-electron chi connectivity index (χ3n) is 3.68. The second-order valence-electron chi connectivity index (χ2n) is 5.14. The van der Waals surface area contributed by atoms with Crippen LogP contribution in [0.15, 0.2) is 0 Å². The van der Waals surface area contributed by atoms with Crippen LogP contribution in [0.2, 0.25) is 5.15 Å². The highest BCUT2D eigenvalue weighted by Gasteiger charge is 2.24. The fraction of sp³-hybridized carbons (Fsp3) is 0.615. The summed E-state index contributed by atoms with van der Waals surface area (Å²) >= 11 is 5.97. The third kappa shape index (κ3) is 3.22. The summed E-state index contributed by atoms with van der Waals surface area (Å²) < 4.78 is 0. The van der Waals surface area contributed by atoms with Crippen molar-refractivity contribution in [2.45, 2.75) is 38.8 Å². The number of aromatic nitrogens is 2. The van der Waals surface area contributed by atoms with Gasteiger partial charge in [0.15, 0.2) is 6.29 Å². The molecule has 0 amide bonds. The standard InChI is InChI=1S/C13H19ClN4O/c1-8-6-10(4-5-18(8)3)17-13-11(7-19)12(14)15-9(2)16-13/h7-8,10H,4-6H2,1-3H3,(H,15,16,17). The molecule has 1 aliphatic rings. The molecule has 1 aromatic heterocycles. The molecular formula is C13H19ClN4O. The number of rotatable bonds is 3. The molecule has 0 radical (unpaired) electrons. The van der Waals surface area contributed by atoms with Crippen molar-refractivity contribution >= 4 is 23.7 Å². The topological polar surface area (TPSA) is 58.1 Å². The van der Waals surface area contributed by atoms with Crippen molar-refractivity contribution < 1.29 is 4.79 Å². The quantitative estimate of drug-likeness (QED) is 0.680. The van der Waals surface area contributed by atoms with Gasteiger partial charge in [-0.2, -0.15) is 0 Å². The molecule has 6 heteroatoms. The van der Waals surface area contributed by atoms with Crippen LogP contribution in [0.25, 0.3) is 0 Å².